The molecule has 0 aliphatic heterocycles. The van der Waals surface area contributed by atoms with Gasteiger partial charge in [0, 0.05) is 6.42 Å². The van der Waals surface area contributed by atoms with E-state index in [1.165, 1.54) is 0 Å². The first-order valence-corrected chi connectivity index (χ1v) is 2.71. The summed E-state index contributed by atoms with van der Waals surface area (Å²) in [5, 5.41) is 0. The van der Waals surface area contributed by atoms with E-state index in [2.05, 4.69) is 5.73 Å². The molecule has 0 aromatic heterocycles. The van der Waals surface area contributed by atoms with Crippen molar-refractivity contribution in [3.05, 3.63) is 11.9 Å². The van der Waals surface area contributed by atoms with E-state index in [0.29, 0.717) is 0 Å². The monoisotopic (exact) mass is 175 g/mol. The van der Waals surface area contributed by atoms with Crippen LogP contribution in [0.2, 0.25) is 0 Å². The molecule has 0 heterocycles. The predicted molar refractivity (Wildman–Crippen MR) is 29.0 cm³/mol. The van der Waals surface area contributed by atoms with E-state index in [1.807, 2.05) is 0 Å². The first-order chi connectivity index (χ1) is 4.91. The fourth-order valence-electron chi connectivity index (χ4n) is 0.429. The number of halogens is 5. The quantitative estimate of drug-likeness (QED) is 0.652. The highest BCUT2D eigenvalue weighted by Crippen LogP contribution is 2.31. The number of alkyl halides is 2. The van der Waals surface area contributed by atoms with E-state index in [0.717, 1.165) is 0 Å². The minimum Gasteiger partial charge on any atom is -0.330 e. The topological polar surface area (TPSA) is 26.0 Å². The number of hydrogen-bond donors (Lipinski definition) is 1. The van der Waals surface area contributed by atoms with Crippen LogP contribution in [-0.2, 0) is 0 Å². The Labute approximate surface area is 59.7 Å². The smallest absolute Gasteiger partial charge is 0.307 e. The fraction of sp³-hybridized carbons (Fsp3) is 0.600. The average Bonchev–Trinajstić information content (AvgIpc) is 1.86. The van der Waals surface area contributed by atoms with E-state index >= 15 is 0 Å². The Morgan fingerprint density at radius 2 is 1.64 bits per heavy atom. The predicted octanol–water partition coefficient (Wildman–Crippen LogP) is 2.05. The first-order valence-electron chi connectivity index (χ1n) is 2.71. The van der Waals surface area contributed by atoms with Crippen LogP contribution in [0.25, 0.3) is 0 Å². The molecule has 1 nitrogen and oxygen atoms in total. The van der Waals surface area contributed by atoms with Crippen LogP contribution in [0.5, 0.6) is 0 Å². The maximum Gasteiger partial charge on any atom is 0.307 e. The van der Waals surface area contributed by atoms with Gasteiger partial charge in [-0.3, -0.25) is 0 Å². The Hall–Kier alpha value is -0.650. The van der Waals surface area contributed by atoms with Gasteiger partial charge >= 0.3 is 12.0 Å². The Morgan fingerprint density at radius 1 is 1.18 bits per heavy atom. The summed E-state index contributed by atoms with van der Waals surface area (Å²) in [6, 6.07) is 0. The summed E-state index contributed by atoms with van der Waals surface area (Å²) in [6.45, 7) is -0.548. The summed E-state index contributed by atoms with van der Waals surface area (Å²) in [6.07, 6.45) is -4.11. The molecule has 2 N–H and O–H groups in total. The van der Waals surface area contributed by atoms with E-state index in [1.54, 1.807) is 0 Å². The number of nitrogens with two attached hydrogens (primary N) is 1. The molecule has 0 aliphatic carbocycles. The molecule has 0 rings (SSSR count). The van der Waals surface area contributed by atoms with Crippen LogP contribution in [0.15, 0.2) is 11.9 Å². The minimum absolute atomic E-state index is 0.548. The van der Waals surface area contributed by atoms with Crippen LogP contribution in [-0.4, -0.2) is 12.5 Å². The fourth-order valence-corrected chi connectivity index (χ4v) is 0.429. The first kappa shape index (κ1) is 10.3. The lowest BCUT2D eigenvalue weighted by molar-refractivity contribution is 0.00486. The third kappa shape index (κ3) is 2.83. The second-order valence-electron chi connectivity index (χ2n) is 1.82. The maximum atomic E-state index is 12.1. The highest BCUT2D eigenvalue weighted by atomic mass is 19.3. The number of allylic oxidation sites excluding steroid dienone is 1. The number of hydrogen-bond acceptors (Lipinski definition) is 1. The summed E-state index contributed by atoms with van der Waals surface area (Å²) in [5.74, 6) is -6.82. The molecule has 0 bridgehead atoms. The van der Waals surface area contributed by atoms with Gasteiger partial charge in [0.15, 0.2) is 0 Å². The Morgan fingerprint density at radius 3 is 1.91 bits per heavy atom. The van der Waals surface area contributed by atoms with Crippen LogP contribution in [0.1, 0.15) is 6.42 Å². The van der Waals surface area contributed by atoms with Crippen LogP contribution in [0.4, 0.5) is 22.0 Å². The number of rotatable bonds is 3. The van der Waals surface area contributed by atoms with E-state index in [9.17, 15) is 22.0 Å². The summed E-state index contributed by atoms with van der Waals surface area (Å²) in [5.41, 5.74) is 4.64. The maximum absolute atomic E-state index is 12.1. The van der Waals surface area contributed by atoms with Crippen LogP contribution in [0.3, 0.4) is 0 Å². The van der Waals surface area contributed by atoms with Crippen molar-refractivity contribution in [1.82, 2.24) is 0 Å². The van der Waals surface area contributed by atoms with Gasteiger partial charge in [0.1, 0.15) is 0 Å². The van der Waals surface area contributed by atoms with Crippen molar-refractivity contribution in [3.63, 3.8) is 0 Å². The molecule has 0 aromatic carbocycles. The second kappa shape index (κ2) is 3.66. The molecule has 6 heteroatoms. The van der Waals surface area contributed by atoms with Crippen LogP contribution in [0, 0.1) is 0 Å². The van der Waals surface area contributed by atoms with Crippen molar-refractivity contribution >= 4 is 0 Å². The molecule has 0 fully saturated rings. The molecule has 0 aliphatic rings. The van der Waals surface area contributed by atoms with Gasteiger partial charge in [-0.15, -0.1) is 0 Å². The molecule has 0 atom stereocenters. The van der Waals surface area contributed by atoms with E-state index in [4.69, 9.17) is 0 Å². The Bertz CT molecular complexity index is 160. The zero-order chi connectivity index (χ0) is 9.07. The van der Waals surface area contributed by atoms with Gasteiger partial charge in [0.05, 0.1) is 0 Å². The molecule has 0 aromatic rings. The van der Waals surface area contributed by atoms with Crippen molar-refractivity contribution in [2.45, 2.75) is 12.3 Å². The minimum atomic E-state index is -4.13. The highest BCUT2D eigenvalue weighted by molar-refractivity contribution is 5.04. The zero-order valence-electron chi connectivity index (χ0n) is 5.38. The SMILES string of the molecule is NCCC(F)(F)C(F)=C(F)F. The summed E-state index contributed by atoms with van der Waals surface area (Å²) < 4.78 is 58.4. The molecular formula is C5H6F5N. The molecule has 0 amide bonds. The van der Waals surface area contributed by atoms with Gasteiger partial charge in [-0.2, -0.15) is 22.0 Å². The molecule has 66 valence electrons. The lowest BCUT2D eigenvalue weighted by atomic mass is 10.2. The van der Waals surface area contributed by atoms with Gasteiger partial charge in [0.2, 0.25) is 5.83 Å². The second-order valence-corrected chi connectivity index (χ2v) is 1.82. The lowest BCUT2D eigenvalue weighted by Gasteiger charge is -2.10. The molecule has 0 radical (unpaired) electrons. The van der Waals surface area contributed by atoms with Crippen molar-refractivity contribution in [2.75, 3.05) is 6.54 Å². The van der Waals surface area contributed by atoms with Gasteiger partial charge < -0.3 is 5.73 Å². The van der Waals surface area contributed by atoms with Gasteiger partial charge in [-0.25, -0.2) is 0 Å². The van der Waals surface area contributed by atoms with Crippen molar-refractivity contribution in [2.24, 2.45) is 5.73 Å². The van der Waals surface area contributed by atoms with E-state index < -0.39 is 30.8 Å². The van der Waals surface area contributed by atoms with Gasteiger partial charge in [-0.1, -0.05) is 0 Å². The Kier molecular flexibility index (Phi) is 3.44. The summed E-state index contributed by atoms with van der Waals surface area (Å²) in [7, 11) is 0. The van der Waals surface area contributed by atoms with Crippen LogP contribution >= 0.6 is 0 Å². The largest absolute Gasteiger partial charge is 0.330 e. The molecular weight excluding hydrogens is 169 g/mol. The van der Waals surface area contributed by atoms with Crippen molar-refractivity contribution in [3.8, 4) is 0 Å². The third-order valence-electron chi connectivity index (χ3n) is 0.945. The van der Waals surface area contributed by atoms with Gasteiger partial charge in [0.25, 0.3) is 0 Å². The standard InChI is InChI=1S/C5H6F5N/c6-3(4(7)8)5(9,10)1-2-11/h1-2,11H2. The normalized spacial score (nSPS) is 11.5. The van der Waals surface area contributed by atoms with E-state index in [-0.39, 0.29) is 0 Å². The van der Waals surface area contributed by atoms with Crippen molar-refractivity contribution < 1.29 is 22.0 Å². The van der Waals surface area contributed by atoms with Crippen LogP contribution < -0.4 is 5.73 Å². The third-order valence-corrected chi connectivity index (χ3v) is 0.945. The Balaban J connectivity index is 4.42. The molecule has 0 spiro atoms. The average molecular weight is 175 g/mol. The lowest BCUT2D eigenvalue weighted by Crippen LogP contribution is -2.22. The molecule has 0 saturated heterocycles. The highest BCUT2D eigenvalue weighted by Gasteiger charge is 2.37. The van der Waals surface area contributed by atoms with Gasteiger partial charge in [-0.05, 0) is 6.54 Å². The zero-order valence-corrected chi connectivity index (χ0v) is 5.38. The molecule has 0 unspecified atom stereocenters. The summed E-state index contributed by atoms with van der Waals surface area (Å²) >= 11 is 0. The van der Waals surface area contributed by atoms with Crippen molar-refractivity contribution in [1.29, 1.82) is 0 Å². The molecule has 0 saturated carbocycles. The summed E-state index contributed by atoms with van der Waals surface area (Å²) in [4.78, 5) is 0. The molecule has 11 heavy (non-hydrogen) atoms.